The average Bonchev–Trinajstić information content (AvgIpc) is 3.50. The Hall–Kier alpha value is -4.82. The van der Waals surface area contributed by atoms with Gasteiger partial charge in [-0.2, -0.15) is 0 Å². The molecule has 4 N–H and O–H groups in total. The number of aliphatic hydroxyl groups is 2. The summed E-state index contributed by atoms with van der Waals surface area (Å²) in [5.74, 6) is -2.59. The number of aromatic hydroxyl groups is 1. The van der Waals surface area contributed by atoms with Crippen LogP contribution in [0.25, 0.3) is 22.3 Å². The number of hydrogen-bond acceptors (Lipinski definition) is 12. The summed E-state index contributed by atoms with van der Waals surface area (Å²) in [6, 6.07) is 2.35. The quantitative estimate of drug-likeness (QED) is 0.112. The molecule has 45 heavy (non-hydrogen) atoms. The Balaban J connectivity index is 1.58. The molecule has 0 aliphatic heterocycles. The third-order valence-corrected chi connectivity index (χ3v) is 9.39. The molecule has 1 aromatic heterocycles. The number of halogens is 1. The van der Waals surface area contributed by atoms with E-state index in [-0.39, 0.29) is 29.5 Å². The molecule has 0 amide bonds. The fourth-order valence-electron chi connectivity index (χ4n) is 6.47. The number of rotatable bonds is 7. The summed E-state index contributed by atoms with van der Waals surface area (Å²) < 4.78 is 5.28. The molecule has 0 bridgehead atoms. The summed E-state index contributed by atoms with van der Waals surface area (Å²) in [7, 11) is 5.00. The fourth-order valence-corrected chi connectivity index (χ4v) is 7.18. The van der Waals surface area contributed by atoms with Crippen LogP contribution in [0.3, 0.4) is 0 Å². The van der Waals surface area contributed by atoms with Crippen molar-refractivity contribution in [1.29, 1.82) is 0 Å². The second-order valence-electron chi connectivity index (χ2n) is 11.3. The van der Waals surface area contributed by atoms with Gasteiger partial charge in [-0.25, -0.2) is 0 Å². The lowest BCUT2D eigenvalue weighted by Gasteiger charge is -2.27. The predicted octanol–water partition coefficient (Wildman–Crippen LogP) is -0.422. The second-order valence-corrected chi connectivity index (χ2v) is 12.0. The van der Waals surface area contributed by atoms with E-state index in [1.54, 1.807) is 6.07 Å². The molecule has 1 atom stereocenters. The first-order valence-electron chi connectivity index (χ1n) is 13.8. The van der Waals surface area contributed by atoms with Crippen molar-refractivity contribution in [3.05, 3.63) is 106 Å². The highest BCUT2D eigenvalue weighted by Crippen LogP contribution is 2.56. The van der Waals surface area contributed by atoms with E-state index in [1.165, 1.54) is 6.21 Å². The van der Waals surface area contributed by atoms with Crippen molar-refractivity contribution in [3.8, 4) is 11.5 Å². The number of aromatic nitrogens is 1. The molecule has 14 heteroatoms. The standard InChI is InChI=1S/C31H26BrN3O10/c1-35(2)7-4-8-45-33-11-12-9-14-17(30(43)34-12)27(40)22-13(23(14)32)5-6-31(22)28(41)20-21(29(31)42)26(39)19-18(25(20)38)15(36)10-16(44-3)24(19)37/h9-11,40-42H,4-8H2,1-3H3,(H,34,43)/t31-/m0/s1. The van der Waals surface area contributed by atoms with Crippen molar-refractivity contribution in [1.82, 2.24) is 9.88 Å². The van der Waals surface area contributed by atoms with Crippen molar-refractivity contribution in [2.24, 2.45) is 5.16 Å². The van der Waals surface area contributed by atoms with Crippen LogP contribution in [0.1, 0.15) is 29.7 Å². The van der Waals surface area contributed by atoms with Crippen LogP contribution in [0.5, 0.6) is 11.5 Å². The molecular weight excluding hydrogens is 654 g/mol. The Bertz CT molecular complexity index is 2460. The zero-order chi connectivity index (χ0) is 32.5. The number of phenolic OH excluding ortho intramolecular Hbond substituents is 1. The normalized spacial score (nSPS) is 17.4. The lowest BCUT2D eigenvalue weighted by Crippen LogP contribution is -2.51. The van der Waals surface area contributed by atoms with E-state index in [0.717, 1.165) is 26.1 Å². The minimum atomic E-state index is -2.00. The van der Waals surface area contributed by atoms with Gasteiger partial charge in [-0.15, -0.1) is 0 Å². The molecule has 0 saturated heterocycles. The van der Waals surface area contributed by atoms with Gasteiger partial charge in [0.25, 0.3) is 5.56 Å². The molecule has 4 aliphatic rings. The predicted molar refractivity (Wildman–Crippen MR) is 168 cm³/mol. The minimum Gasteiger partial charge on any atom is -0.510 e. The van der Waals surface area contributed by atoms with Crippen LogP contribution >= 0.6 is 15.9 Å². The number of nitrogens with one attached hydrogen (secondary N) is 1. The molecule has 1 spiro atoms. The van der Waals surface area contributed by atoms with E-state index in [4.69, 9.17) is 9.57 Å². The van der Waals surface area contributed by atoms with Crippen molar-refractivity contribution in [2.45, 2.75) is 24.7 Å². The van der Waals surface area contributed by atoms with E-state index < -0.39 is 76.6 Å². The van der Waals surface area contributed by atoms with E-state index in [2.05, 4.69) is 26.1 Å². The summed E-state index contributed by atoms with van der Waals surface area (Å²) in [5.41, 5.74) is -6.38. The first kappa shape index (κ1) is 30.2. The molecule has 0 unspecified atom stereocenters. The molecule has 0 radical (unpaired) electrons. The smallest absolute Gasteiger partial charge is 0.260 e. The van der Waals surface area contributed by atoms with Gasteiger partial charge in [0.05, 0.1) is 45.3 Å². The monoisotopic (exact) mass is 679 g/mol. The number of oxime groups is 1. The maximum Gasteiger partial charge on any atom is 0.260 e. The highest BCUT2D eigenvalue weighted by Gasteiger charge is 2.53. The van der Waals surface area contributed by atoms with Gasteiger partial charge in [-0.3, -0.25) is 24.0 Å². The number of methoxy groups -OCH3 is 1. The summed E-state index contributed by atoms with van der Waals surface area (Å²) in [5, 5.41) is 36.0. The molecule has 4 aliphatic carbocycles. The van der Waals surface area contributed by atoms with Gasteiger partial charge in [0.2, 0.25) is 16.3 Å². The fraction of sp³-hybridized carbons (Fsp3) is 0.290. The Morgan fingerprint density at radius 3 is 2.31 bits per heavy atom. The molecule has 6 rings (SSSR count). The number of hydrogen-bond donors (Lipinski definition) is 4. The molecule has 13 nitrogen and oxygen atoms in total. The first-order chi connectivity index (χ1) is 21.4. The van der Waals surface area contributed by atoms with Gasteiger partial charge < -0.3 is 34.8 Å². The third-order valence-electron chi connectivity index (χ3n) is 8.48. The minimum absolute atomic E-state index is 0.0886. The highest BCUT2D eigenvalue weighted by molar-refractivity contribution is 9.10. The lowest BCUT2D eigenvalue weighted by molar-refractivity contribution is 0.136. The zero-order valence-electron chi connectivity index (χ0n) is 24.2. The number of pyridine rings is 1. The van der Waals surface area contributed by atoms with E-state index in [9.17, 15) is 39.3 Å². The maximum absolute atomic E-state index is 13.7. The summed E-state index contributed by atoms with van der Waals surface area (Å²) in [6.45, 7) is 1.17. The summed E-state index contributed by atoms with van der Waals surface area (Å²) in [4.78, 5) is 76.2. The Kier molecular flexibility index (Phi) is 7.16. The van der Waals surface area contributed by atoms with Gasteiger partial charge in [-0.05, 0) is 60.9 Å². The van der Waals surface area contributed by atoms with Gasteiger partial charge in [-0.1, -0.05) is 5.16 Å². The molecule has 1 heterocycles. The zero-order valence-corrected chi connectivity index (χ0v) is 25.8. The molecule has 2 aromatic rings. The van der Waals surface area contributed by atoms with Crippen LogP contribution in [0.2, 0.25) is 0 Å². The van der Waals surface area contributed by atoms with Crippen molar-refractivity contribution < 1.29 is 24.9 Å². The van der Waals surface area contributed by atoms with Crippen LogP contribution in [-0.4, -0.2) is 65.8 Å². The molecule has 1 aromatic carbocycles. The molecule has 0 fully saturated rings. The highest BCUT2D eigenvalue weighted by atomic mass is 79.9. The van der Waals surface area contributed by atoms with E-state index in [1.807, 2.05) is 19.0 Å². The summed E-state index contributed by atoms with van der Waals surface area (Å²) >= 11 is 3.51. The number of benzene rings is 1. The Morgan fingerprint density at radius 1 is 1.00 bits per heavy atom. The molecule has 232 valence electrons. The molecule has 0 saturated carbocycles. The van der Waals surface area contributed by atoms with Crippen molar-refractivity contribution in [2.75, 3.05) is 34.4 Å². The van der Waals surface area contributed by atoms with Crippen LogP contribution in [0.4, 0.5) is 0 Å². The molecular formula is C31H26BrN3O10. The number of aliphatic hydroxyl groups excluding tert-OH is 2. The van der Waals surface area contributed by atoms with Crippen LogP contribution < -0.4 is 42.4 Å². The van der Waals surface area contributed by atoms with Crippen LogP contribution in [0, 0.1) is 10.4 Å². The Morgan fingerprint density at radius 2 is 1.67 bits per heavy atom. The Labute approximate surface area is 260 Å². The third kappa shape index (κ3) is 4.15. The van der Waals surface area contributed by atoms with Gasteiger partial charge >= 0.3 is 0 Å². The number of ether oxygens (including phenoxy) is 1. The first-order valence-corrected chi connectivity index (χ1v) is 14.6. The van der Waals surface area contributed by atoms with Crippen LogP contribution in [0.15, 0.2) is 45.7 Å². The topological polar surface area (TPSA) is 196 Å². The second kappa shape index (κ2) is 10.7. The van der Waals surface area contributed by atoms with Gasteiger partial charge in [0, 0.05) is 28.0 Å². The lowest BCUT2D eigenvalue weighted by atomic mass is 9.78. The largest absolute Gasteiger partial charge is 0.510 e. The van der Waals surface area contributed by atoms with Crippen LogP contribution in [-0.2, 0) is 16.7 Å². The summed E-state index contributed by atoms with van der Waals surface area (Å²) in [6.07, 6.45) is 2.08. The maximum atomic E-state index is 13.7. The van der Waals surface area contributed by atoms with E-state index >= 15 is 0 Å². The van der Waals surface area contributed by atoms with Gasteiger partial charge in [0.1, 0.15) is 29.3 Å². The number of H-pyrrole nitrogens is 1. The SMILES string of the molecule is COc1cc(=O)c2c(=O)c3c(c(=O)c=2c1=O)=C(O)[C@]1(CCc2c1c(O)c1c(=O)[nH]c(C=NOCCCN(C)C)cc1c2Br)C=3O. The number of aromatic amines is 1. The van der Waals surface area contributed by atoms with Crippen molar-refractivity contribution in [3.63, 3.8) is 0 Å². The van der Waals surface area contributed by atoms with Gasteiger partial charge in [0.15, 0.2) is 11.2 Å². The average molecular weight is 680 g/mol. The van der Waals surface area contributed by atoms with Crippen molar-refractivity contribution >= 4 is 44.4 Å². The number of fused-ring (bicyclic) bond motifs is 4. The number of nitrogens with zero attached hydrogens (tertiary/aromatic N) is 2. The van der Waals surface area contributed by atoms with E-state index in [0.29, 0.717) is 22.0 Å². The number of phenols is 1.